The smallest absolute Gasteiger partial charge is 0.328 e. The zero-order valence-corrected chi connectivity index (χ0v) is 19.1. The molecule has 12 nitrogen and oxygen atoms in total. The average molecular weight is 467 g/mol. The Morgan fingerprint density at radius 3 is 2.33 bits per heavy atom. The molecule has 1 aromatic rings. The van der Waals surface area contributed by atoms with Crippen molar-refractivity contribution in [2.24, 2.45) is 5.92 Å². The zero-order chi connectivity index (χ0) is 24.5. The standard InChI is InChI=1S/C21H34N6O6/c1-11(2)7-15(20(31)27-17(12(3)28)21(32)33)25-19(30)16(8-13-9-22-10-24-13)26-18(29)14-5-4-6-23-14/h9-12,14-17,23,28H,4-8H2,1-3H3,(H,22,24)(H,25,30)(H,26,29)(H,27,31)(H,32,33). The van der Waals surface area contributed by atoms with Crippen LogP contribution in [0.5, 0.6) is 0 Å². The summed E-state index contributed by atoms with van der Waals surface area (Å²) in [7, 11) is 0. The number of carboxylic acid groups (broad SMARTS) is 1. The highest BCUT2D eigenvalue weighted by Crippen LogP contribution is 2.09. The maximum absolute atomic E-state index is 13.1. The Morgan fingerprint density at radius 2 is 1.82 bits per heavy atom. The molecule has 2 rings (SSSR count). The number of carboxylic acids is 1. The molecule has 12 heteroatoms. The fourth-order valence-electron chi connectivity index (χ4n) is 3.62. The van der Waals surface area contributed by atoms with Gasteiger partial charge in [0.05, 0.1) is 18.5 Å². The molecule has 1 aromatic heterocycles. The molecule has 0 aliphatic carbocycles. The fraction of sp³-hybridized carbons (Fsp3) is 0.667. The van der Waals surface area contributed by atoms with Gasteiger partial charge in [-0.3, -0.25) is 14.4 Å². The number of amides is 3. The normalized spacial score (nSPS) is 19.4. The molecule has 184 valence electrons. The predicted molar refractivity (Wildman–Crippen MR) is 118 cm³/mol. The van der Waals surface area contributed by atoms with E-state index in [0.717, 1.165) is 13.0 Å². The van der Waals surface area contributed by atoms with E-state index in [1.165, 1.54) is 13.3 Å². The van der Waals surface area contributed by atoms with Gasteiger partial charge in [0.15, 0.2) is 6.04 Å². The number of aliphatic hydroxyl groups excluding tert-OH is 1. The van der Waals surface area contributed by atoms with Crippen molar-refractivity contribution in [3.8, 4) is 0 Å². The second-order valence-corrected chi connectivity index (χ2v) is 8.75. The summed E-state index contributed by atoms with van der Waals surface area (Å²) in [6, 6.07) is -3.93. The second kappa shape index (κ2) is 12.3. The Morgan fingerprint density at radius 1 is 1.12 bits per heavy atom. The maximum Gasteiger partial charge on any atom is 0.328 e. The first-order valence-electron chi connectivity index (χ1n) is 11.1. The van der Waals surface area contributed by atoms with E-state index >= 15 is 0 Å². The number of nitrogens with one attached hydrogen (secondary N) is 5. The highest BCUT2D eigenvalue weighted by molar-refractivity contribution is 5.94. The van der Waals surface area contributed by atoms with E-state index in [4.69, 9.17) is 0 Å². The number of H-pyrrole nitrogens is 1. The van der Waals surface area contributed by atoms with Crippen molar-refractivity contribution in [1.82, 2.24) is 31.2 Å². The molecule has 0 radical (unpaired) electrons. The van der Waals surface area contributed by atoms with Gasteiger partial charge in [-0.05, 0) is 38.6 Å². The van der Waals surface area contributed by atoms with Crippen molar-refractivity contribution in [2.45, 2.75) is 76.7 Å². The number of carbonyl (C=O) groups is 4. The lowest BCUT2D eigenvalue weighted by atomic mass is 10.0. The lowest BCUT2D eigenvalue weighted by molar-refractivity contribution is -0.145. The van der Waals surface area contributed by atoms with Crippen molar-refractivity contribution in [2.75, 3.05) is 6.54 Å². The van der Waals surface area contributed by atoms with Gasteiger partial charge >= 0.3 is 5.97 Å². The minimum atomic E-state index is -1.52. The minimum absolute atomic E-state index is 0.000727. The fourth-order valence-corrected chi connectivity index (χ4v) is 3.62. The molecule has 1 fully saturated rings. The van der Waals surface area contributed by atoms with E-state index in [2.05, 4.69) is 31.2 Å². The van der Waals surface area contributed by atoms with Crippen LogP contribution in [0.3, 0.4) is 0 Å². The predicted octanol–water partition coefficient (Wildman–Crippen LogP) is -1.33. The van der Waals surface area contributed by atoms with Crippen molar-refractivity contribution >= 4 is 23.7 Å². The number of aliphatic carboxylic acids is 1. The Kier molecular flexibility index (Phi) is 9.79. The largest absolute Gasteiger partial charge is 0.480 e. The number of hydrogen-bond donors (Lipinski definition) is 7. The molecule has 1 saturated heterocycles. The lowest BCUT2D eigenvalue weighted by Gasteiger charge is -2.26. The van der Waals surface area contributed by atoms with Gasteiger partial charge in [0.2, 0.25) is 17.7 Å². The Bertz CT molecular complexity index is 806. The van der Waals surface area contributed by atoms with Gasteiger partial charge in [0, 0.05) is 18.3 Å². The van der Waals surface area contributed by atoms with E-state index in [1.54, 1.807) is 6.20 Å². The van der Waals surface area contributed by atoms with Crippen LogP contribution in [0.15, 0.2) is 12.5 Å². The van der Waals surface area contributed by atoms with Crippen LogP contribution in [0.25, 0.3) is 0 Å². The molecular formula is C21H34N6O6. The van der Waals surface area contributed by atoms with Gasteiger partial charge in [-0.2, -0.15) is 0 Å². The highest BCUT2D eigenvalue weighted by atomic mass is 16.4. The third-order valence-electron chi connectivity index (χ3n) is 5.37. The van der Waals surface area contributed by atoms with E-state index in [-0.39, 0.29) is 30.7 Å². The summed E-state index contributed by atoms with van der Waals surface area (Å²) >= 11 is 0. The zero-order valence-electron chi connectivity index (χ0n) is 19.1. The molecule has 5 atom stereocenters. The van der Waals surface area contributed by atoms with Crippen LogP contribution in [0.4, 0.5) is 0 Å². The number of aliphatic hydroxyl groups is 1. The van der Waals surface area contributed by atoms with Crippen LogP contribution >= 0.6 is 0 Å². The van der Waals surface area contributed by atoms with E-state index in [9.17, 15) is 29.4 Å². The van der Waals surface area contributed by atoms with Crippen molar-refractivity contribution in [1.29, 1.82) is 0 Å². The van der Waals surface area contributed by atoms with Crippen LogP contribution in [-0.2, 0) is 25.6 Å². The van der Waals surface area contributed by atoms with Crippen LogP contribution in [0.2, 0.25) is 0 Å². The maximum atomic E-state index is 13.1. The van der Waals surface area contributed by atoms with Gasteiger partial charge in [0.1, 0.15) is 12.1 Å². The molecule has 3 amide bonds. The third kappa shape index (κ3) is 8.13. The molecule has 1 aliphatic heterocycles. The molecule has 33 heavy (non-hydrogen) atoms. The van der Waals surface area contributed by atoms with Gasteiger partial charge in [-0.1, -0.05) is 13.8 Å². The van der Waals surface area contributed by atoms with Gasteiger partial charge in [-0.15, -0.1) is 0 Å². The molecule has 5 unspecified atom stereocenters. The van der Waals surface area contributed by atoms with E-state index in [0.29, 0.717) is 12.1 Å². The average Bonchev–Trinajstić information content (AvgIpc) is 3.44. The Balaban J connectivity index is 2.15. The molecule has 0 aromatic carbocycles. The summed E-state index contributed by atoms with van der Waals surface area (Å²) in [5.41, 5.74) is 0.625. The molecule has 1 aliphatic rings. The van der Waals surface area contributed by atoms with Gasteiger partial charge in [0.25, 0.3) is 0 Å². The molecular weight excluding hydrogens is 432 g/mol. The van der Waals surface area contributed by atoms with E-state index < -0.39 is 42.0 Å². The van der Waals surface area contributed by atoms with Crippen molar-refractivity contribution in [3.63, 3.8) is 0 Å². The lowest BCUT2D eigenvalue weighted by Crippen LogP contribution is -2.58. The van der Waals surface area contributed by atoms with Crippen LogP contribution in [0.1, 0.15) is 45.7 Å². The van der Waals surface area contributed by atoms with Crippen LogP contribution < -0.4 is 21.3 Å². The SMILES string of the molecule is CC(C)CC(NC(=O)C(Cc1cnc[nH]1)NC(=O)C1CCCN1)C(=O)NC(C(=O)O)C(C)O. The summed E-state index contributed by atoms with van der Waals surface area (Å²) in [5, 5.41) is 29.7. The quantitative estimate of drug-likeness (QED) is 0.197. The summed E-state index contributed by atoms with van der Waals surface area (Å²) in [6.45, 7) is 5.68. The molecule has 7 N–H and O–H groups in total. The van der Waals surface area contributed by atoms with Crippen molar-refractivity contribution in [3.05, 3.63) is 18.2 Å². The van der Waals surface area contributed by atoms with Crippen LogP contribution in [0, 0.1) is 5.92 Å². The first kappa shape index (κ1) is 26.3. The summed E-state index contributed by atoms with van der Waals surface area (Å²) in [6.07, 6.45) is 3.57. The Labute approximate surface area is 192 Å². The Hall–Kier alpha value is -2.99. The van der Waals surface area contributed by atoms with Gasteiger partial charge in [-0.25, -0.2) is 9.78 Å². The second-order valence-electron chi connectivity index (χ2n) is 8.75. The summed E-state index contributed by atoms with van der Waals surface area (Å²) in [4.78, 5) is 56.7. The topological polar surface area (TPSA) is 186 Å². The molecule has 2 heterocycles. The molecule has 0 bridgehead atoms. The number of rotatable bonds is 12. The number of nitrogens with zero attached hydrogens (tertiary/aromatic N) is 1. The highest BCUT2D eigenvalue weighted by Gasteiger charge is 2.33. The molecule has 0 spiro atoms. The monoisotopic (exact) mass is 466 g/mol. The van der Waals surface area contributed by atoms with E-state index in [1.807, 2.05) is 13.8 Å². The third-order valence-corrected chi connectivity index (χ3v) is 5.37. The van der Waals surface area contributed by atoms with Gasteiger partial charge < -0.3 is 36.5 Å². The number of aromatic amines is 1. The number of imidazole rings is 1. The number of carbonyl (C=O) groups excluding carboxylic acids is 3. The minimum Gasteiger partial charge on any atom is -0.480 e. The summed E-state index contributed by atoms with van der Waals surface area (Å²) in [5.74, 6) is -3.01. The first-order chi connectivity index (χ1) is 15.6. The van der Waals surface area contributed by atoms with Crippen LogP contribution in [-0.4, -0.2) is 80.7 Å². The number of hydrogen-bond acceptors (Lipinski definition) is 7. The molecule has 0 saturated carbocycles. The first-order valence-corrected chi connectivity index (χ1v) is 11.1. The van der Waals surface area contributed by atoms with Crippen molar-refractivity contribution < 1.29 is 29.4 Å². The summed E-state index contributed by atoms with van der Waals surface area (Å²) < 4.78 is 0. The number of aromatic nitrogens is 2.